The summed E-state index contributed by atoms with van der Waals surface area (Å²) in [5.74, 6) is -1.29. The predicted octanol–water partition coefficient (Wildman–Crippen LogP) is 1.32. The molecular formula is C16H20F2N2O3. The number of ether oxygens (including phenoxy) is 2. The van der Waals surface area contributed by atoms with Crippen molar-refractivity contribution in [1.82, 2.24) is 10.2 Å². The van der Waals surface area contributed by atoms with E-state index in [2.05, 4.69) is 5.32 Å². The van der Waals surface area contributed by atoms with Crippen LogP contribution in [-0.4, -0.2) is 55.8 Å². The number of amides is 1. The van der Waals surface area contributed by atoms with Crippen LogP contribution in [-0.2, 0) is 9.53 Å². The van der Waals surface area contributed by atoms with Crippen LogP contribution in [0.3, 0.4) is 0 Å². The average Bonchev–Trinajstić information content (AvgIpc) is 2.58. The quantitative estimate of drug-likeness (QED) is 0.910. The summed E-state index contributed by atoms with van der Waals surface area (Å²) in [6.45, 7) is 2.94. The number of morpholine rings is 1. The second-order valence-electron chi connectivity index (χ2n) is 5.78. The van der Waals surface area contributed by atoms with Crippen molar-refractivity contribution in [2.45, 2.75) is 25.0 Å². The fourth-order valence-corrected chi connectivity index (χ4v) is 2.87. The Kier molecular flexibility index (Phi) is 5.07. The summed E-state index contributed by atoms with van der Waals surface area (Å²) in [7, 11) is 0. The SMILES string of the molecule is O=C(C1CNCCO1)N1CCC(Oc2ccc(F)cc2F)CC1. The van der Waals surface area contributed by atoms with E-state index < -0.39 is 17.7 Å². The van der Waals surface area contributed by atoms with E-state index in [1.807, 2.05) is 0 Å². The van der Waals surface area contributed by atoms with Gasteiger partial charge in [-0.05, 0) is 12.1 Å². The number of hydrogen-bond acceptors (Lipinski definition) is 4. The Hall–Kier alpha value is -1.73. The number of halogens is 2. The molecule has 0 spiro atoms. The molecule has 0 radical (unpaired) electrons. The third-order valence-electron chi connectivity index (χ3n) is 4.14. The van der Waals surface area contributed by atoms with Gasteiger partial charge in [0.25, 0.3) is 5.91 Å². The van der Waals surface area contributed by atoms with E-state index in [0.717, 1.165) is 12.6 Å². The molecule has 1 aromatic carbocycles. The van der Waals surface area contributed by atoms with Gasteiger partial charge in [-0.25, -0.2) is 8.78 Å². The van der Waals surface area contributed by atoms with Crippen LogP contribution in [0.2, 0.25) is 0 Å². The third kappa shape index (κ3) is 3.97. The molecule has 0 aliphatic carbocycles. The van der Waals surface area contributed by atoms with E-state index in [-0.39, 0.29) is 17.8 Å². The maximum absolute atomic E-state index is 13.6. The van der Waals surface area contributed by atoms with Gasteiger partial charge in [-0.15, -0.1) is 0 Å². The van der Waals surface area contributed by atoms with Crippen molar-refractivity contribution in [2.24, 2.45) is 0 Å². The predicted molar refractivity (Wildman–Crippen MR) is 79.2 cm³/mol. The highest BCUT2D eigenvalue weighted by molar-refractivity contribution is 5.81. The van der Waals surface area contributed by atoms with Crippen molar-refractivity contribution in [3.05, 3.63) is 29.8 Å². The van der Waals surface area contributed by atoms with E-state index in [9.17, 15) is 13.6 Å². The lowest BCUT2D eigenvalue weighted by Gasteiger charge is -2.35. The van der Waals surface area contributed by atoms with Crippen LogP contribution in [0.4, 0.5) is 8.78 Å². The molecule has 23 heavy (non-hydrogen) atoms. The van der Waals surface area contributed by atoms with Gasteiger partial charge in [-0.2, -0.15) is 0 Å². The molecule has 2 aliphatic rings. The first-order valence-corrected chi connectivity index (χ1v) is 7.86. The summed E-state index contributed by atoms with van der Waals surface area (Å²) in [6, 6.07) is 3.27. The number of likely N-dealkylation sites (tertiary alicyclic amines) is 1. The van der Waals surface area contributed by atoms with Gasteiger partial charge in [0.15, 0.2) is 11.6 Å². The van der Waals surface area contributed by atoms with Crippen LogP contribution in [0.15, 0.2) is 18.2 Å². The minimum Gasteiger partial charge on any atom is -0.487 e. The molecule has 5 nitrogen and oxygen atoms in total. The number of benzene rings is 1. The molecule has 1 unspecified atom stereocenters. The fraction of sp³-hybridized carbons (Fsp3) is 0.562. The number of nitrogens with zero attached hydrogens (tertiary/aromatic N) is 1. The van der Waals surface area contributed by atoms with Gasteiger partial charge in [-0.1, -0.05) is 0 Å². The van der Waals surface area contributed by atoms with Gasteiger partial charge in [0.05, 0.1) is 6.61 Å². The molecule has 1 aromatic rings. The highest BCUT2D eigenvalue weighted by atomic mass is 19.1. The molecule has 0 aromatic heterocycles. The molecular weight excluding hydrogens is 306 g/mol. The first kappa shape index (κ1) is 16.1. The van der Waals surface area contributed by atoms with Crippen molar-refractivity contribution >= 4 is 5.91 Å². The summed E-state index contributed by atoms with van der Waals surface area (Å²) >= 11 is 0. The highest BCUT2D eigenvalue weighted by Gasteiger charge is 2.30. The smallest absolute Gasteiger partial charge is 0.253 e. The van der Waals surface area contributed by atoms with Crippen molar-refractivity contribution in [3.63, 3.8) is 0 Å². The lowest BCUT2D eigenvalue weighted by molar-refractivity contribution is -0.147. The second kappa shape index (κ2) is 7.23. The Morgan fingerprint density at radius 1 is 1.30 bits per heavy atom. The largest absolute Gasteiger partial charge is 0.487 e. The topological polar surface area (TPSA) is 50.8 Å². The zero-order chi connectivity index (χ0) is 16.2. The minimum absolute atomic E-state index is 0.0105. The molecule has 1 N–H and O–H groups in total. The highest BCUT2D eigenvalue weighted by Crippen LogP contribution is 2.23. The van der Waals surface area contributed by atoms with Gasteiger partial charge >= 0.3 is 0 Å². The summed E-state index contributed by atoms with van der Waals surface area (Å²) in [5.41, 5.74) is 0. The Bertz CT molecular complexity index is 556. The lowest BCUT2D eigenvalue weighted by atomic mass is 10.1. The molecule has 1 amide bonds. The van der Waals surface area contributed by atoms with Gasteiger partial charge < -0.3 is 19.7 Å². The van der Waals surface area contributed by atoms with Crippen LogP contribution in [0.1, 0.15) is 12.8 Å². The molecule has 2 fully saturated rings. The van der Waals surface area contributed by atoms with E-state index in [0.29, 0.717) is 39.1 Å². The summed E-state index contributed by atoms with van der Waals surface area (Å²) in [5, 5.41) is 3.14. The van der Waals surface area contributed by atoms with E-state index in [4.69, 9.17) is 9.47 Å². The third-order valence-corrected chi connectivity index (χ3v) is 4.14. The Morgan fingerprint density at radius 2 is 2.09 bits per heavy atom. The normalized spacial score (nSPS) is 22.9. The second-order valence-corrected chi connectivity index (χ2v) is 5.78. The van der Waals surface area contributed by atoms with Gasteiger partial charge in [0.2, 0.25) is 0 Å². The Labute approximate surface area is 133 Å². The lowest BCUT2D eigenvalue weighted by Crippen LogP contribution is -2.52. The van der Waals surface area contributed by atoms with Crippen LogP contribution in [0.25, 0.3) is 0 Å². The zero-order valence-electron chi connectivity index (χ0n) is 12.8. The zero-order valence-corrected chi connectivity index (χ0v) is 12.8. The molecule has 2 aliphatic heterocycles. The van der Waals surface area contributed by atoms with Crippen LogP contribution < -0.4 is 10.1 Å². The van der Waals surface area contributed by atoms with E-state index in [1.165, 1.54) is 12.1 Å². The first-order chi connectivity index (χ1) is 11.1. The van der Waals surface area contributed by atoms with Gasteiger partial charge in [0.1, 0.15) is 18.0 Å². The molecule has 0 bridgehead atoms. The number of piperidine rings is 1. The number of carbonyl (C=O) groups excluding carboxylic acids is 1. The van der Waals surface area contributed by atoms with Gasteiger partial charge in [0, 0.05) is 45.1 Å². The van der Waals surface area contributed by atoms with Gasteiger partial charge in [-0.3, -0.25) is 4.79 Å². The van der Waals surface area contributed by atoms with Crippen molar-refractivity contribution < 1.29 is 23.0 Å². The van der Waals surface area contributed by atoms with Crippen molar-refractivity contribution in [1.29, 1.82) is 0 Å². The monoisotopic (exact) mass is 326 g/mol. The number of hydrogen-bond donors (Lipinski definition) is 1. The number of carbonyl (C=O) groups is 1. The summed E-state index contributed by atoms with van der Waals surface area (Å²) in [6.07, 6.45) is 0.631. The maximum atomic E-state index is 13.6. The molecule has 2 heterocycles. The molecule has 0 saturated carbocycles. The standard InChI is InChI=1S/C16H20F2N2O3/c17-11-1-2-14(13(18)9-11)23-12-3-6-20(7-4-12)16(21)15-10-19-5-8-22-15/h1-2,9,12,15,19H,3-8,10H2. The molecule has 2 saturated heterocycles. The average molecular weight is 326 g/mol. The Balaban J connectivity index is 1.51. The Morgan fingerprint density at radius 3 is 2.74 bits per heavy atom. The van der Waals surface area contributed by atoms with Crippen LogP contribution >= 0.6 is 0 Å². The minimum atomic E-state index is -0.704. The fourth-order valence-electron chi connectivity index (χ4n) is 2.87. The van der Waals surface area contributed by atoms with Crippen LogP contribution in [0.5, 0.6) is 5.75 Å². The first-order valence-electron chi connectivity index (χ1n) is 7.86. The summed E-state index contributed by atoms with van der Waals surface area (Å²) < 4.78 is 37.6. The molecule has 3 rings (SSSR count). The van der Waals surface area contributed by atoms with Crippen molar-refractivity contribution in [2.75, 3.05) is 32.8 Å². The molecule has 7 heteroatoms. The van der Waals surface area contributed by atoms with E-state index in [1.54, 1.807) is 4.90 Å². The number of rotatable bonds is 3. The molecule has 1 atom stereocenters. The molecule has 126 valence electrons. The van der Waals surface area contributed by atoms with E-state index >= 15 is 0 Å². The van der Waals surface area contributed by atoms with Crippen LogP contribution in [0, 0.1) is 11.6 Å². The maximum Gasteiger partial charge on any atom is 0.253 e. The van der Waals surface area contributed by atoms with Crippen molar-refractivity contribution in [3.8, 4) is 5.75 Å². The summed E-state index contributed by atoms with van der Waals surface area (Å²) in [4.78, 5) is 14.1. The number of nitrogens with one attached hydrogen (secondary N) is 1.